The number of hydrogen-bond donors (Lipinski definition) is 2. The van der Waals surface area contributed by atoms with E-state index in [0.29, 0.717) is 30.9 Å². The summed E-state index contributed by atoms with van der Waals surface area (Å²) in [6.45, 7) is 0.354. The summed E-state index contributed by atoms with van der Waals surface area (Å²) in [6.07, 6.45) is -0.579. The molecule has 1 fully saturated rings. The zero-order chi connectivity index (χ0) is 14.5. The first-order valence-electron chi connectivity index (χ1n) is 6.25. The molecule has 1 unspecified atom stereocenters. The highest BCUT2D eigenvalue weighted by molar-refractivity contribution is 5.94. The summed E-state index contributed by atoms with van der Waals surface area (Å²) in [7, 11) is 0. The summed E-state index contributed by atoms with van der Waals surface area (Å²) in [6, 6.07) is 4.60. The molecule has 8 heteroatoms. The van der Waals surface area contributed by atoms with Gasteiger partial charge in [-0.3, -0.25) is 4.79 Å². The van der Waals surface area contributed by atoms with Gasteiger partial charge in [0, 0.05) is 24.8 Å². The van der Waals surface area contributed by atoms with E-state index in [2.05, 4.69) is 15.4 Å². The second-order valence-corrected chi connectivity index (χ2v) is 4.41. The van der Waals surface area contributed by atoms with Crippen LogP contribution in [0.5, 0.6) is 5.75 Å². The largest absolute Gasteiger partial charge is 0.434 e. The minimum absolute atomic E-state index is 0. The fourth-order valence-electron chi connectivity index (χ4n) is 1.86. The zero-order valence-corrected chi connectivity index (χ0v) is 12.2. The highest BCUT2D eigenvalue weighted by Gasteiger charge is 2.22. The van der Waals surface area contributed by atoms with E-state index in [4.69, 9.17) is 4.74 Å². The van der Waals surface area contributed by atoms with Crippen LogP contribution in [0.2, 0.25) is 0 Å². The van der Waals surface area contributed by atoms with Gasteiger partial charge in [0.05, 0.1) is 6.61 Å². The molecule has 118 valence electrons. The molecule has 0 bridgehead atoms. The number of alkyl halides is 2. The van der Waals surface area contributed by atoms with Gasteiger partial charge in [0.25, 0.3) is 5.91 Å². The summed E-state index contributed by atoms with van der Waals surface area (Å²) in [5, 5.41) is 5.66. The minimum atomic E-state index is -2.90. The van der Waals surface area contributed by atoms with E-state index in [0.717, 1.165) is 0 Å². The third-order valence-electron chi connectivity index (χ3n) is 2.89. The smallest absolute Gasteiger partial charge is 0.387 e. The van der Waals surface area contributed by atoms with Gasteiger partial charge in [-0.2, -0.15) is 8.78 Å². The number of anilines is 1. The lowest BCUT2D eigenvalue weighted by atomic mass is 10.2. The molecule has 1 aliphatic heterocycles. The molecule has 0 saturated carbocycles. The van der Waals surface area contributed by atoms with Crippen molar-refractivity contribution in [3.05, 3.63) is 23.8 Å². The maximum Gasteiger partial charge on any atom is 0.387 e. The molecular formula is C13H17ClF2N2O3. The summed E-state index contributed by atoms with van der Waals surface area (Å²) >= 11 is 0. The minimum Gasteiger partial charge on any atom is -0.434 e. The van der Waals surface area contributed by atoms with E-state index in [1.807, 2.05) is 0 Å². The molecule has 1 saturated heterocycles. The van der Waals surface area contributed by atoms with Crippen molar-refractivity contribution in [2.24, 2.45) is 0 Å². The van der Waals surface area contributed by atoms with Gasteiger partial charge >= 0.3 is 6.61 Å². The third kappa shape index (κ3) is 5.11. The molecule has 21 heavy (non-hydrogen) atoms. The van der Waals surface area contributed by atoms with E-state index in [9.17, 15) is 13.6 Å². The molecule has 1 aromatic rings. The molecule has 1 atom stereocenters. The first kappa shape index (κ1) is 17.6. The Balaban J connectivity index is 0.00000220. The van der Waals surface area contributed by atoms with E-state index in [-0.39, 0.29) is 24.1 Å². The number of rotatable bonds is 4. The Morgan fingerprint density at radius 3 is 2.90 bits per heavy atom. The van der Waals surface area contributed by atoms with Crippen LogP contribution in [0.1, 0.15) is 5.56 Å². The van der Waals surface area contributed by atoms with Crippen molar-refractivity contribution in [3.8, 4) is 5.75 Å². The predicted molar refractivity (Wildman–Crippen MR) is 76.3 cm³/mol. The van der Waals surface area contributed by atoms with Crippen molar-refractivity contribution >= 4 is 24.0 Å². The average Bonchev–Trinajstić information content (AvgIpc) is 2.43. The van der Waals surface area contributed by atoms with Crippen molar-refractivity contribution in [3.63, 3.8) is 0 Å². The Bertz CT molecular complexity index is 482. The molecule has 0 aromatic heterocycles. The first-order valence-corrected chi connectivity index (χ1v) is 6.25. The van der Waals surface area contributed by atoms with Gasteiger partial charge in [-0.05, 0) is 18.6 Å². The van der Waals surface area contributed by atoms with Crippen LogP contribution in [0.15, 0.2) is 18.2 Å². The van der Waals surface area contributed by atoms with E-state index in [1.165, 1.54) is 6.07 Å². The van der Waals surface area contributed by atoms with E-state index in [1.54, 1.807) is 19.1 Å². The number of halogens is 3. The predicted octanol–water partition coefficient (Wildman–Crippen LogP) is 1.95. The van der Waals surface area contributed by atoms with Crippen LogP contribution in [0, 0.1) is 6.92 Å². The Morgan fingerprint density at radius 1 is 1.52 bits per heavy atom. The van der Waals surface area contributed by atoms with Gasteiger partial charge < -0.3 is 20.1 Å². The number of morpholine rings is 1. The Labute approximate surface area is 127 Å². The number of nitrogens with one attached hydrogen (secondary N) is 2. The van der Waals surface area contributed by atoms with Crippen molar-refractivity contribution in [2.75, 3.05) is 25.0 Å². The lowest BCUT2D eigenvalue weighted by molar-refractivity contribution is -0.128. The van der Waals surface area contributed by atoms with Crippen molar-refractivity contribution in [2.45, 2.75) is 19.6 Å². The molecule has 0 radical (unpaired) electrons. The van der Waals surface area contributed by atoms with Crippen LogP contribution in [0.25, 0.3) is 0 Å². The lowest BCUT2D eigenvalue weighted by Crippen LogP contribution is -2.45. The summed E-state index contributed by atoms with van der Waals surface area (Å²) in [5.41, 5.74) is 0.962. The molecule has 1 amide bonds. The fraction of sp³-hybridized carbons (Fsp3) is 0.462. The molecule has 1 aromatic carbocycles. The summed E-state index contributed by atoms with van der Waals surface area (Å²) in [5.74, 6) is -0.274. The lowest BCUT2D eigenvalue weighted by Gasteiger charge is -2.22. The molecule has 2 N–H and O–H groups in total. The number of carbonyl (C=O) groups is 1. The average molecular weight is 323 g/mol. The highest BCUT2D eigenvalue weighted by Crippen LogP contribution is 2.24. The van der Waals surface area contributed by atoms with E-state index >= 15 is 0 Å². The molecule has 0 aliphatic carbocycles. The third-order valence-corrected chi connectivity index (χ3v) is 2.89. The van der Waals surface area contributed by atoms with Gasteiger partial charge in [0.15, 0.2) is 0 Å². The zero-order valence-electron chi connectivity index (χ0n) is 11.4. The van der Waals surface area contributed by atoms with Crippen molar-refractivity contribution in [1.29, 1.82) is 0 Å². The van der Waals surface area contributed by atoms with Gasteiger partial charge in [0.1, 0.15) is 11.9 Å². The first-order chi connectivity index (χ1) is 9.56. The highest BCUT2D eigenvalue weighted by atomic mass is 35.5. The Morgan fingerprint density at radius 2 is 2.29 bits per heavy atom. The molecule has 1 aliphatic rings. The number of aryl methyl sites for hydroxylation is 1. The normalized spacial score (nSPS) is 18.0. The fourth-order valence-corrected chi connectivity index (χ4v) is 1.86. The SMILES string of the molecule is Cc1ccc(NC(=O)C2CNCCO2)cc1OC(F)F.Cl. The standard InChI is InChI=1S/C13H16F2N2O3.ClH/c1-8-2-3-9(6-10(8)20-13(14)15)17-12(18)11-7-16-4-5-19-11;/h2-3,6,11,13,16H,4-5,7H2,1H3,(H,17,18);1H. The second kappa shape index (κ2) is 8.11. The van der Waals surface area contributed by atoms with Crippen LogP contribution < -0.4 is 15.4 Å². The molecule has 0 spiro atoms. The van der Waals surface area contributed by atoms with Crippen molar-refractivity contribution in [1.82, 2.24) is 5.32 Å². The van der Waals surface area contributed by atoms with Crippen LogP contribution in [-0.4, -0.2) is 38.3 Å². The second-order valence-electron chi connectivity index (χ2n) is 4.41. The number of ether oxygens (including phenoxy) is 2. The number of hydrogen-bond acceptors (Lipinski definition) is 4. The van der Waals surface area contributed by atoms with Crippen LogP contribution >= 0.6 is 12.4 Å². The molecular weight excluding hydrogens is 306 g/mol. The van der Waals surface area contributed by atoms with Gasteiger partial charge in [-0.15, -0.1) is 12.4 Å². The molecule has 5 nitrogen and oxygen atoms in total. The maximum absolute atomic E-state index is 12.2. The molecule has 1 heterocycles. The summed E-state index contributed by atoms with van der Waals surface area (Å²) in [4.78, 5) is 11.9. The number of carbonyl (C=O) groups excluding carboxylic acids is 1. The topological polar surface area (TPSA) is 59.6 Å². The van der Waals surface area contributed by atoms with Gasteiger partial charge in [-0.25, -0.2) is 0 Å². The van der Waals surface area contributed by atoms with Crippen molar-refractivity contribution < 1.29 is 23.0 Å². The Kier molecular flexibility index (Phi) is 6.80. The van der Waals surface area contributed by atoms with Crippen LogP contribution in [0.4, 0.5) is 14.5 Å². The molecule has 2 rings (SSSR count). The van der Waals surface area contributed by atoms with Crippen LogP contribution in [0.3, 0.4) is 0 Å². The number of amides is 1. The van der Waals surface area contributed by atoms with Gasteiger partial charge in [0.2, 0.25) is 0 Å². The van der Waals surface area contributed by atoms with Crippen LogP contribution in [-0.2, 0) is 9.53 Å². The monoisotopic (exact) mass is 322 g/mol. The summed E-state index contributed by atoms with van der Waals surface area (Å²) < 4.78 is 34.2. The number of benzene rings is 1. The van der Waals surface area contributed by atoms with Gasteiger partial charge in [-0.1, -0.05) is 6.07 Å². The van der Waals surface area contributed by atoms with E-state index < -0.39 is 12.7 Å². The maximum atomic E-state index is 12.2. The Hall–Kier alpha value is -1.44. The quantitative estimate of drug-likeness (QED) is 0.889.